The molecule has 4 aromatic rings. The lowest BCUT2D eigenvalue weighted by Crippen LogP contribution is -2.31. The molecule has 1 aliphatic heterocycles. The van der Waals surface area contributed by atoms with E-state index in [9.17, 15) is 23.6 Å². The van der Waals surface area contributed by atoms with E-state index >= 15 is 0 Å². The molecule has 0 bridgehead atoms. The van der Waals surface area contributed by atoms with Crippen molar-refractivity contribution in [1.82, 2.24) is 9.88 Å². The number of halogens is 2. The number of fused-ring (bicyclic) bond motifs is 1. The second-order valence-electron chi connectivity index (χ2n) is 9.32. The topological polar surface area (TPSA) is 83.3 Å². The van der Waals surface area contributed by atoms with Gasteiger partial charge in [0.1, 0.15) is 23.4 Å². The number of rotatable bonds is 9. The molecule has 5 rings (SSSR count). The quantitative estimate of drug-likeness (QED) is 0.169. The maximum absolute atomic E-state index is 13.6. The summed E-state index contributed by atoms with van der Waals surface area (Å²) in [6.07, 6.45) is 2.09. The Morgan fingerprint density at radius 2 is 1.75 bits per heavy atom. The highest BCUT2D eigenvalue weighted by Gasteiger charge is 2.34. The molecule has 0 spiro atoms. The Labute approximate surface area is 233 Å². The van der Waals surface area contributed by atoms with Crippen LogP contribution in [0.1, 0.15) is 55.0 Å². The van der Waals surface area contributed by atoms with E-state index in [0.29, 0.717) is 45.1 Å². The average Bonchev–Trinajstić information content (AvgIpc) is 3.52. The fourth-order valence-electron chi connectivity index (χ4n) is 4.28. The number of amides is 2. The Morgan fingerprint density at radius 3 is 2.40 bits per heavy atom. The predicted octanol–water partition coefficient (Wildman–Crippen LogP) is 6.74. The number of nitriles is 1. The molecule has 0 saturated heterocycles. The molecule has 0 atom stereocenters. The second kappa shape index (κ2) is 11.2. The van der Waals surface area contributed by atoms with Gasteiger partial charge in [0.25, 0.3) is 17.7 Å². The van der Waals surface area contributed by atoms with Crippen LogP contribution in [0.5, 0.6) is 5.75 Å². The van der Waals surface area contributed by atoms with Crippen LogP contribution in [0.4, 0.5) is 8.78 Å². The number of carbonyl (C=O) groups excluding carboxylic acids is 2. The highest BCUT2D eigenvalue weighted by Crippen LogP contribution is 2.28. The molecule has 0 aliphatic carbocycles. The average molecular weight is 556 g/mol. The van der Waals surface area contributed by atoms with Gasteiger partial charge >= 0.3 is 0 Å². The molecule has 200 valence electrons. The van der Waals surface area contributed by atoms with Crippen molar-refractivity contribution in [3.63, 3.8) is 0 Å². The van der Waals surface area contributed by atoms with Gasteiger partial charge in [0.15, 0.2) is 0 Å². The van der Waals surface area contributed by atoms with Crippen LogP contribution in [0.25, 0.3) is 11.6 Å². The molecule has 0 saturated carbocycles. The summed E-state index contributed by atoms with van der Waals surface area (Å²) < 4.78 is 32.9. The van der Waals surface area contributed by atoms with Gasteiger partial charge in [0.2, 0.25) is 0 Å². The molecule has 40 heavy (non-hydrogen) atoms. The van der Waals surface area contributed by atoms with Gasteiger partial charge in [-0.15, -0.1) is 11.3 Å². The third-order valence-corrected chi connectivity index (χ3v) is 7.33. The lowest BCUT2D eigenvalue weighted by molar-refractivity contribution is 0.0173. The number of thiazole rings is 1. The van der Waals surface area contributed by atoms with Gasteiger partial charge in [-0.2, -0.15) is 5.26 Å². The van der Waals surface area contributed by atoms with Crippen LogP contribution in [-0.4, -0.2) is 28.2 Å². The van der Waals surface area contributed by atoms with Crippen molar-refractivity contribution >= 4 is 34.8 Å². The van der Waals surface area contributed by atoms with Crippen LogP contribution in [0.15, 0.2) is 78.2 Å². The Bertz CT molecular complexity index is 1610. The number of alkyl halides is 2. The lowest BCUT2D eigenvalue weighted by atomic mass is 10.1. The second-order valence-corrected chi connectivity index (χ2v) is 10.2. The molecule has 2 heterocycles. The summed E-state index contributed by atoms with van der Waals surface area (Å²) in [5, 5.41) is 12.1. The van der Waals surface area contributed by atoms with Gasteiger partial charge in [-0.3, -0.25) is 14.5 Å². The summed E-state index contributed by atoms with van der Waals surface area (Å²) in [5.41, 5.74) is 3.22. The largest absolute Gasteiger partial charge is 0.489 e. The third-order valence-electron chi connectivity index (χ3n) is 6.40. The van der Waals surface area contributed by atoms with E-state index in [2.05, 4.69) is 11.1 Å². The van der Waals surface area contributed by atoms with Crippen LogP contribution >= 0.6 is 11.3 Å². The highest BCUT2D eigenvalue weighted by atomic mass is 32.1. The first-order valence-electron chi connectivity index (χ1n) is 12.4. The summed E-state index contributed by atoms with van der Waals surface area (Å²) in [5.74, 6) is -2.97. The van der Waals surface area contributed by atoms with Crippen LogP contribution in [0.3, 0.4) is 0 Å². The fraction of sp³-hybridized carbons (Fsp3) is 0.161. The van der Waals surface area contributed by atoms with E-state index in [1.165, 1.54) is 28.4 Å². The number of benzene rings is 3. The molecule has 0 fully saturated rings. The van der Waals surface area contributed by atoms with Crippen molar-refractivity contribution < 1.29 is 23.1 Å². The van der Waals surface area contributed by atoms with Crippen LogP contribution in [-0.2, 0) is 19.0 Å². The maximum atomic E-state index is 13.6. The van der Waals surface area contributed by atoms with Crippen LogP contribution in [0.2, 0.25) is 0 Å². The zero-order valence-corrected chi connectivity index (χ0v) is 22.3. The zero-order chi connectivity index (χ0) is 28.3. The normalized spacial score (nSPS) is 13.3. The molecule has 1 aliphatic rings. The van der Waals surface area contributed by atoms with E-state index in [0.717, 1.165) is 12.5 Å². The predicted molar refractivity (Wildman–Crippen MR) is 148 cm³/mol. The molecule has 0 radical (unpaired) electrons. The smallest absolute Gasteiger partial charge is 0.270 e. The molecule has 9 heteroatoms. The number of aromatic nitrogens is 1. The van der Waals surface area contributed by atoms with Gasteiger partial charge in [-0.25, -0.2) is 13.8 Å². The SMILES string of the molecule is CC(F)(F)c1cccc(COc2ccc(/C=C(\C#N)c3nc(CCN4C(=O)c5ccccc5C4=O)cs3)cc2)c1. The fourth-order valence-corrected chi connectivity index (χ4v) is 5.10. The Kier molecular flexibility index (Phi) is 7.54. The molecule has 3 aromatic carbocycles. The Morgan fingerprint density at radius 1 is 1.05 bits per heavy atom. The molecule has 0 N–H and O–H groups in total. The minimum atomic E-state index is -2.92. The minimum absolute atomic E-state index is 0.0629. The van der Waals surface area contributed by atoms with Crippen molar-refractivity contribution in [2.45, 2.75) is 25.9 Å². The first-order chi connectivity index (χ1) is 19.2. The van der Waals surface area contributed by atoms with E-state index in [-0.39, 0.29) is 30.5 Å². The van der Waals surface area contributed by atoms with Crippen LogP contribution < -0.4 is 4.74 Å². The highest BCUT2D eigenvalue weighted by molar-refractivity contribution is 7.11. The summed E-state index contributed by atoms with van der Waals surface area (Å²) in [6, 6.07) is 22.1. The van der Waals surface area contributed by atoms with Crippen molar-refractivity contribution in [3.05, 3.63) is 117 Å². The molecule has 2 amide bonds. The number of hydrogen-bond acceptors (Lipinski definition) is 6. The summed E-state index contributed by atoms with van der Waals surface area (Å²) >= 11 is 1.32. The number of nitrogens with zero attached hydrogens (tertiary/aromatic N) is 3. The third kappa shape index (κ3) is 5.82. The first-order valence-corrected chi connectivity index (χ1v) is 13.3. The molecule has 0 unspecified atom stereocenters. The van der Waals surface area contributed by atoms with E-state index < -0.39 is 5.92 Å². The summed E-state index contributed by atoms with van der Waals surface area (Å²) in [4.78, 5) is 30.9. The van der Waals surface area contributed by atoms with Crippen molar-refractivity contribution in [2.24, 2.45) is 0 Å². The standard InChI is InChI=1S/C31H23F2N3O3S/c1-31(32,33)23-6-4-5-21(16-23)18-39-25-11-9-20(10-12-25)15-22(17-34)28-35-24(19-40-28)13-14-36-29(37)26-7-2-3-8-27(26)30(36)38/h2-12,15-16,19H,13-14,18H2,1H3/b22-15+. The van der Waals surface area contributed by atoms with Gasteiger partial charge in [-0.05, 0) is 47.5 Å². The molecular formula is C31H23F2N3O3S. The Hall–Kier alpha value is -4.68. The first kappa shape index (κ1) is 26.9. The van der Waals surface area contributed by atoms with E-state index in [1.54, 1.807) is 66.7 Å². The van der Waals surface area contributed by atoms with Crippen molar-refractivity contribution in [2.75, 3.05) is 6.54 Å². The maximum Gasteiger partial charge on any atom is 0.270 e. The number of imide groups is 1. The van der Waals surface area contributed by atoms with Gasteiger partial charge in [0, 0.05) is 30.8 Å². The number of carbonyl (C=O) groups is 2. The number of hydrogen-bond donors (Lipinski definition) is 0. The van der Waals surface area contributed by atoms with Gasteiger partial charge < -0.3 is 4.74 Å². The number of ether oxygens (including phenoxy) is 1. The molecular weight excluding hydrogens is 532 g/mol. The van der Waals surface area contributed by atoms with Gasteiger partial charge in [-0.1, -0.05) is 42.5 Å². The lowest BCUT2D eigenvalue weighted by Gasteiger charge is -2.12. The summed E-state index contributed by atoms with van der Waals surface area (Å²) in [7, 11) is 0. The van der Waals surface area contributed by atoms with Crippen molar-refractivity contribution in [3.8, 4) is 11.8 Å². The summed E-state index contributed by atoms with van der Waals surface area (Å²) in [6.45, 7) is 1.21. The van der Waals surface area contributed by atoms with Gasteiger partial charge in [0.05, 0.1) is 22.4 Å². The van der Waals surface area contributed by atoms with E-state index in [1.807, 2.05) is 5.38 Å². The number of allylic oxidation sites excluding steroid dienone is 1. The molecule has 6 nitrogen and oxygen atoms in total. The van der Waals surface area contributed by atoms with E-state index in [4.69, 9.17) is 4.74 Å². The molecule has 1 aromatic heterocycles. The Balaban J connectivity index is 1.20. The zero-order valence-electron chi connectivity index (χ0n) is 21.4. The monoisotopic (exact) mass is 555 g/mol. The minimum Gasteiger partial charge on any atom is -0.489 e. The van der Waals surface area contributed by atoms with Crippen molar-refractivity contribution in [1.29, 1.82) is 5.26 Å². The van der Waals surface area contributed by atoms with Crippen LogP contribution in [0, 0.1) is 11.3 Å².